The van der Waals surface area contributed by atoms with E-state index >= 15 is 0 Å². The van der Waals surface area contributed by atoms with Crippen molar-refractivity contribution >= 4 is 40.4 Å². The lowest BCUT2D eigenvalue weighted by atomic mass is 10.0. The molecule has 0 bridgehead atoms. The summed E-state index contributed by atoms with van der Waals surface area (Å²) < 4.78 is 0. The van der Waals surface area contributed by atoms with Crippen molar-refractivity contribution in [3.63, 3.8) is 0 Å². The third-order valence-electron chi connectivity index (χ3n) is 7.04. The van der Waals surface area contributed by atoms with Gasteiger partial charge in [0.2, 0.25) is 11.8 Å². The monoisotopic (exact) mass is 567 g/mol. The van der Waals surface area contributed by atoms with Gasteiger partial charge in [0.1, 0.15) is 6.04 Å². The average molecular weight is 568 g/mol. The second-order valence-electron chi connectivity index (χ2n) is 10.00. The molecule has 0 radical (unpaired) electrons. The van der Waals surface area contributed by atoms with Crippen molar-refractivity contribution in [2.45, 2.75) is 31.8 Å². The largest absolute Gasteiger partial charge is 0.368 e. The third kappa shape index (κ3) is 8.54. The zero-order valence-electron chi connectivity index (χ0n) is 22.5. The number of carbonyl (C=O) groups excluding carboxylic acids is 2. The standard InChI is InChI=1S/C30H38ClN5O2S/c1-34(15-13-26-6-4-20-39-26)22-24-5-2-3-7-28(24)35-16-18-36(19-17-35)30(38)27(33-29(37)12-14-32)21-23-8-10-25(31)11-9-23/h2-11,20,27H,12-19,21-22,32H2,1H3,(H,33,37)/t27-/m1/s1. The van der Waals surface area contributed by atoms with Gasteiger partial charge in [-0.05, 0) is 54.2 Å². The minimum Gasteiger partial charge on any atom is -0.368 e. The highest BCUT2D eigenvalue weighted by Crippen LogP contribution is 2.24. The van der Waals surface area contributed by atoms with E-state index in [4.69, 9.17) is 17.3 Å². The number of nitrogens with two attached hydrogens (primary N) is 1. The van der Waals surface area contributed by atoms with E-state index in [0.29, 0.717) is 24.5 Å². The fourth-order valence-corrected chi connectivity index (χ4v) is 5.74. The van der Waals surface area contributed by atoms with Crippen LogP contribution in [0.5, 0.6) is 0 Å². The molecule has 3 N–H and O–H groups in total. The second kappa shape index (κ2) is 14.5. The van der Waals surface area contributed by atoms with Crippen molar-refractivity contribution in [1.29, 1.82) is 0 Å². The van der Waals surface area contributed by atoms with Crippen LogP contribution in [0.4, 0.5) is 5.69 Å². The van der Waals surface area contributed by atoms with Crippen LogP contribution in [0.1, 0.15) is 22.4 Å². The number of nitrogens with one attached hydrogen (secondary N) is 1. The van der Waals surface area contributed by atoms with Crippen molar-refractivity contribution in [2.75, 3.05) is 51.2 Å². The minimum atomic E-state index is -0.638. The number of hydrogen-bond acceptors (Lipinski definition) is 6. The molecule has 1 fully saturated rings. The molecule has 9 heteroatoms. The van der Waals surface area contributed by atoms with Crippen LogP contribution in [0.2, 0.25) is 5.02 Å². The molecule has 4 rings (SSSR count). The topological polar surface area (TPSA) is 81.9 Å². The molecular formula is C30H38ClN5O2S. The van der Waals surface area contributed by atoms with Gasteiger partial charge in [0.05, 0.1) is 0 Å². The maximum atomic E-state index is 13.6. The number of thiophene rings is 1. The molecule has 1 aliphatic heterocycles. The zero-order valence-corrected chi connectivity index (χ0v) is 24.1. The van der Waals surface area contributed by atoms with Crippen LogP contribution in [0.25, 0.3) is 0 Å². The maximum Gasteiger partial charge on any atom is 0.245 e. The number of hydrogen-bond donors (Lipinski definition) is 2. The smallest absolute Gasteiger partial charge is 0.245 e. The summed E-state index contributed by atoms with van der Waals surface area (Å²) in [7, 11) is 2.17. The van der Waals surface area contributed by atoms with E-state index in [9.17, 15) is 9.59 Å². The Balaban J connectivity index is 1.37. The number of anilines is 1. The number of nitrogens with zero attached hydrogens (tertiary/aromatic N) is 3. The molecule has 2 amide bonds. The number of piperazine rings is 1. The summed E-state index contributed by atoms with van der Waals surface area (Å²) in [5, 5.41) is 5.68. The average Bonchev–Trinajstić information content (AvgIpc) is 3.47. The molecule has 2 heterocycles. The van der Waals surface area contributed by atoms with E-state index in [-0.39, 0.29) is 24.8 Å². The summed E-state index contributed by atoms with van der Waals surface area (Å²) in [6, 6.07) is 19.6. The summed E-state index contributed by atoms with van der Waals surface area (Å²) >= 11 is 7.84. The Morgan fingerprint density at radius 3 is 2.49 bits per heavy atom. The normalized spacial score (nSPS) is 14.5. The third-order valence-corrected chi connectivity index (χ3v) is 8.23. The van der Waals surface area contributed by atoms with E-state index < -0.39 is 6.04 Å². The van der Waals surface area contributed by atoms with Gasteiger partial charge in [-0.25, -0.2) is 0 Å². The predicted octanol–water partition coefficient (Wildman–Crippen LogP) is 3.80. The highest BCUT2D eigenvalue weighted by atomic mass is 35.5. The highest BCUT2D eigenvalue weighted by Gasteiger charge is 2.29. The molecule has 0 aliphatic carbocycles. The van der Waals surface area contributed by atoms with Crippen LogP contribution >= 0.6 is 22.9 Å². The molecule has 7 nitrogen and oxygen atoms in total. The fourth-order valence-electron chi connectivity index (χ4n) is 4.92. The summed E-state index contributed by atoms with van der Waals surface area (Å²) in [5.74, 6) is -0.267. The molecule has 3 aromatic rings. The van der Waals surface area contributed by atoms with Crippen LogP contribution in [-0.2, 0) is 29.0 Å². The molecule has 2 aromatic carbocycles. The van der Waals surface area contributed by atoms with Crippen LogP contribution < -0.4 is 16.0 Å². The lowest BCUT2D eigenvalue weighted by molar-refractivity contribution is -0.136. The number of benzene rings is 2. The SMILES string of the molecule is CN(CCc1cccs1)Cc1ccccc1N1CCN(C(=O)[C@@H](Cc2ccc(Cl)cc2)NC(=O)CCN)CC1. The number of likely N-dealkylation sites (N-methyl/N-ethyl adjacent to an activating group) is 1. The Morgan fingerprint density at radius 2 is 1.79 bits per heavy atom. The molecule has 1 aliphatic rings. The molecule has 0 unspecified atom stereocenters. The number of rotatable bonds is 12. The quantitative estimate of drug-likeness (QED) is 0.348. The zero-order chi connectivity index (χ0) is 27.6. The van der Waals surface area contributed by atoms with Crippen LogP contribution in [0, 0.1) is 0 Å². The Kier molecular flexibility index (Phi) is 10.8. The summed E-state index contributed by atoms with van der Waals surface area (Å²) in [5.41, 5.74) is 9.03. The second-order valence-corrected chi connectivity index (χ2v) is 11.5. The van der Waals surface area contributed by atoms with Crippen molar-refractivity contribution < 1.29 is 9.59 Å². The molecular weight excluding hydrogens is 530 g/mol. The Labute approximate surface area is 240 Å². The first-order valence-electron chi connectivity index (χ1n) is 13.5. The van der Waals surface area contributed by atoms with E-state index in [1.807, 2.05) is 17.0 Å². The maximum absolute atomic E-state index is 13.6. The summed E-state index contributed by atoms with van der Waals surface area (Å²) in [6.45, 7) is 4.81. The number of halogens is 1. The van der Waals surface area contributed by atoms with Crippen molar-refractivity contribution in [3.8, 4) is 0 Å². The van der Waals surface area contributed by atoms with E-state index in [2.05, 4.69) is 63.9 Å². The van der Waals surface area contributed by atoms with Crippen molar-refractivity contribution in [2.24, 2.45) is 5.73 Å². The first kappa shape index (κ1) is 29.1. The Hall–Kier alpha value is -2.91. The van der Waals surface area contributed by atoms with Crippen molar-refractivity contribution in [1.82, 2.24) is 15.1 Å². The first-order chi connectivity index (χ1) is 18.9. The lowest BCUT2D eigenvalue weighted by Gasteiger charge is -2.38. The van der Waals surface area contributed by atoms with E-state index in [1.54, 1.807) is 23.5 Å². The summed E-state index contributed by atoms with van der Waals surface area (Å²) in [6.07, 6.45) is 1.65. The van der Waals surface area contributed by atoms with Gasteiger partial charge in [0.25, 0.3) is 0 Å². The fraction of sp³-hybridized carbons (Fsp3) is 0.400. The molecule has 39 heavy (non-hydrogen) atoms. The number of para-hydroxylation sites is 1. The molecule has 208 valence electrons. The van der Waals surface area contributed by atoms with Gasteiger partial charge in [0, 0.05) is 74.2 Å². The minimum absolute atomic E-state index is 0.0587. The Morgan fingerprint density at radius 1 is 1.05 bits per heavy atom. The van der Waals surface area contributed by atoms with Crippen molar-refractivity contribution in [3.05, 3.63) is 87.1 Å². The molecule has 1 atom stereocenters. The van der Waals surface area contributed by atoms with Gasteiger partial charge in [0.15, 0.2) is 0 Å². The van der Waals surface area contributed by atoms with Crippen LogP contribution in [0.3, 0.4) is 0 Å². The lowest BCUT2D eigenvalue weighted by Crippen LogP contribution is -2.55. The van der Waals surface area contributed by atoms with Gasteiger partial charge in [-0.15, -0.1) is 11.3 Å². The number of carbonyl (C=O) groups is 2. The Bertz CT molecular complexity index is 1200. The highest BCUT2D eigenvalue weighted by molar-refractivity contribution is 7.09. The van der Waals surface area contributed by atoms with E-state index in [1.165, 1.54) is 16.1 Å². The predicted molar refractivity (Wildman–Crippen MR) is 160 cm³/mol. The van der Waals surface area contributed by atoms with Crippen LogP contribution in [0.15, 0.2) is 66.0 Å². The van der Waals surface area contributed by atoms with Crippen LogP contribution in [-0.4, -0.2) is 74.0 Å². The summed E-state index contributed by atoms with van der Waals surface area (Å²) in [4.78, 5) is 33.9. The van der Waals surface area contributed by atoms with Gasteiger partial charge in [-0.1, -0.05) is 48.0 Å². The van der Waals surface area contributed by atoms with Gasteiger partial charge >= 0.3 is 0 Å². The molecule has 1 aromatic heterocycles. The van der Waals surface area contributed by atoms with Gasteiger partial charge < -0.3 is 25.8 Å². The number of amides is 2. The van der Waals surface area contributed by atoms with Gasteiger partial charge in [-0.2, -0.15) is 0 Å². The molecule has 0 spiro atoms. The van der Waals surface area contributed by atoms with E-state index in [0.717, 1.165) is 38.2 Å². The first-order valence-corrected chi connectivity index (χ1v) is 14.7. The molecule has 1 saturated heterocycles. The van der Waals surface area contributed by atoms with Gasteiger partial charge in [-0.3, -0.25) is 9.59 Å². The molecule has 0 saturated carbocycles.